The van der Waals surface area contributed by atoms with Gasteiger partial charge in [-0.3, -0.25) is 4.79 Å². The predicted molar refractivity (Wildman–Crippen MR) is 89.2 cm³/mol. The van der Waals surface area contributed by atoms with Gasteiger partial charge in [-0.25, -0.2) is 4.79 Å². The lowest BCUT2D eigenvalue weighted by Crippen LogP contribution is -2.09. The largest absolute Gasteiger partial charge is 0.504 e. The first kappa shape index (κ1) is 15.6. The van der Waals surface area contributed by atoms with Crippen LogP contribution in [0.3, 0.4) is 0 Å². The molecule has 0 fully saturated rings. The summed E-state index contributed by atoms with van der Waals surface area (Å²) in [6.45, 7) is 0. The number of rotatable bonds is 1. The van der Waals surface area contributed by atoms with Crippen LogP contribution in [0.2, 0.25) is 0 Å². The Kier molecular flexibility index (Phi) is 3.04. The summed E-state index contributed by atoms with van der Waals surface area (Å²) in [7, 11) is 1.19. The lowest BCUT2D eigenvalue weighted by atomic mass is 10.1. The van der Waals surface area contributed by atoms with E-state index in [0.717, 1.165) is 12.1 Å². The Hall–Kier alpha value is -3.88. The topological polar surface area (TPSA) is 151 Å². The van der Waals surface area contributed by atoms with Crippen LogP contribution in [-0.2, 0) is 0 Å². The first-order chi connectivity index (χ1) is 12.3. The summed E-state index contributed by atoms with van der Waals surface area (Å²) in [6.07, 6.45) is 0. The van der Waals surface area contributed by atoms with Gasteiger partial charge in [-0.1, -0.05) is 0 Å². The van der Waals surface area contributed by atoms with E-state index in [0.29, 0.717) is 0 Å². The average molecular weight is 358 g/mol. The van der Waals surface area contributed by atoms with Crippen LogP contribution in [0.25, 0.3) is 32.9 Å². The van der Waals surface area contributed by atoms with Crippen LogP contribution in [0.15, 0.2) is 36.6 Å². The molecule has 2 aromatic heterocycles. The summed E-state index contributed by atoms with van der Waals surface area (Å²) >= 11 is 0. The average Bonchev–Trinajstić information content (AvgIpc) is 2.59. The van der Waals surface area contributed by atoms with Crippen molar-refractivity contribution in [3.63, 3.8) is 0 Å². The van der Waals surface area contributed by atoms with Crippen LogP contribution in [0, 0.1) is 0 Å². The summed E-state index contributed by atoms with van der Waals surface area (Å²) in [4.78, 5) is 24.9. The Morgan fingerprint density at radius 2 is 1.62 bits per heavy atom. The summed E-state index contributed by atoms with van der Waals surface area (Å²) in [5.74, 6) is -2.75. The molecular weight excluding hydrogens is 348 g/mol. The third-order valence-corrected chi connectivity index (χ3v) is 4.05. The number of ether oxygens (including phenoxy) is 1. The Balaban J connectivity index is 2.33. The Morgan fingerprint density at radius 3 is 2.31 bits per heavy atom. The molecule has 0 spiro atoms. The number of hydrogen-bond acceptors (Lipinski definition) is 9. The zero-order chi connectivity index (χ0) is 18.7. The van der Waals surface area contributed by atoms with Crippen LogP contribution < -0.4 is 15.8 Å². The van der Waals surface area contributed by atoms with Gasteiger partial charge in [-0.15, -0.1) is 0 Å². The van der Waals surface area contributed by atoms with Crippen molar-refractivity contribution in [1.82, 2.24) is 0 Å². The van der Waals surface area contributed by atoms with Gasteiger partial charge in [0.05, 0.1) is 7.11 Å². The van der Waals surface area contributed by atoms with Gasteiger partial charge < -0.3 is 34.0 Å². The minimum atomic E-state index is -1.07. The summed E-state index contributed by atoms with van der Waals surface area (Å²) < 4.78 is 15.4. The molecular formula is C17H10O9. The maximum atomic E-state index is 12.7. The van der Waals surface area contributed by atoms with E-state index >= 15 is 0 Å². The molecule has 0 unspecified atom stereocenters. The molecule has 132 valence electrons. The minimum absolute atomic E-state index is 0.0142. The van der Waals surface area contributed by atoms with Crippen molar-refractivity contribution >= 4 is 32.9 Å². The molecule has 9 heteroatoms. The Labute approximate surface area is 142 Å². The predicted octanol–water partition coefficient (Wildman–Crippen LogP) is 1.88. The van der Waals surface area contributed by atoms with Crippen LogP contribution in [0.5, 0.6) is 28.7 Å². The van der Waals surface area contributed by atoms with Crippen molar-refractivity contribution < 1.29 is 34.0 Å². The molecule has 4 aromatic rings. The molecule has 2 heterocycles. The molecule has 2 aromatic carbocycles. The highest BCUT2D eigenvalue weighted by Crippen LogP contribution is 2.42. The van der Waals surface area contributed by atoms with Crippen molar-refractivity contribution in [1.29, 1.82) is 0 Å². The molecule has 0 radical (unpaired) electrons. The van der Waals surface area contributed by atoms with E-state index < -0.39 is 39.6 Å². The smallest absolute Gasteiger partial charge is 0.348 e. The zero-order valence-corrected chi connectivity index (χ0v) is 13.1. The molecule has 0 bridgehead atoms. The third kappa shape index (κ3) is 1.85. The van der Waals surface area contributed by atoms with Gasteiger partial charge >= 0.3 is 5.63 Å². The SMILES string of the molecule is COc1c(O)cc2oc3c(oc(=O)c4c(O)c(O)ccc43)c(=O)c2c1O. The molecule has 4 rings (SSSR count). The first-order valence-corrected chi connectivity index (χ1v) is 7.22. The van der Waals surface area contributed by atoms with Gasteiger partial charge in [-0.2, -0.15) is 0 Å². The number of hydrogen-bond donors (Lipinski definition) is 4. The summed E-state index contributed by atoms with van der Waals surface area (Å²) in [6, 6.07) is 3.44. The lowest BCUT2D eigenvalue weighted by Gasteiger charge is -2.10. The van der Waals surface area contributed by atoms with Crippen molar-refractivity contribution in [2.24, 2.45) is 0 Å². The zero-order valence-electron chi connectivity index (χ0n) is 13.1. The molecule has 0 atom stereocenters. The molecule has 9 nitrogen and oxygen atoms in total. The number of methoxy groups -OCH3 is 1. The van der Waals surface area contributed by atoms with E-state index in [9.17, 15) is 30.0 Å². The standard InChI is InChI=1S/C17H10O9/c1-24-15-7(19)4-8-10(12(15)21)13(22)16-14(25-8)5-2-3-6(18)11(20)9(5)17(23)26-16/h2-4,18-21H,1H3. The summed E-state index contributed by atoms with van der Waals surface area (Å²) in [5, 5.41) is 38.9. The van der Waals surface area contributed by atoms with E-state index in [1.807, 2.05) is 0 Å². The van der Waals surface area contributed by atoms with E-state index in [1.54, 1.807) is 0 Å². The van der Waals surface area contributed by atoms with Gasteiger partial charge in [0.2, 0.25) is 16.8 Å². The molecule has 0 aliphatic rings. The molecule has 0 amide bonds. The highest BCUT2D eigenvalue weighted by Gasteiger charge is 2.23. The van der Waals surface area contributed by atoms with Crippen molar-refractivity contribution in [2.75, 3.05) is 7.11 Å². The quantitative estimate of drug-likeness (QED) is 0.227. The molecule has 0 aliphatic carbocycles. The molecule has 0 aliphatic heterocycles. The fraction of sp³-hybridized carbons (Fsp3) is 0.0588. The van der Waals surface area contributed by atoms with Crippen LogP contribution in [0.4, 0.5) is 0 Å². The number of benzene rings is 2. The van der Waals surface area contributed by atoms with Crippen molar-refractivity contribution in [3.05, 3.63) is 38.8 Å². The van der Waals surface area contributed by atoms with E-state index in [1.165, 1.54) is 13.2 Å². The third-order valence-electron chi connectivity index (χ3n) is 4.05. The molecule has 26 heavy (non-hydrogen) atoms. The highest BCUT2D eigenvalue weighted by molar-refractivity contribution is 6.06. The first-order valence-electron chi connectivity index (χ1n) is 7.22. The van der Waals surface area contributed by atoms with Gasteiger partial charge in [0.1, 0.15) is 16.4 Å². The normalized spacial score (nSPS) is 11.4. The van der Waals surface area contributed by atoms with E-state index in [-0.39, 0.29) is 33.1 Å². The van der Waals surface area contributed by atoms with Gasteiger partial charge in [0, 0.05) is 11.5 Å². The van der Waals surface area contributed by atoms with Gasteiger partial charge in [0.15, 0.2) is 28.6 Å². The highest BCUT2D eigenvalue weighted by atomic mass is 16.5. The minimum Gasteiger partial charge on any atom is -0.504 e. The second kappa shape index (κ2) is 5.06. The Morgan fingerprint density at radius 1 is 0.885 bits per heavy atom. The Bertz CT molecular complexity index is 1340. The fourth-order valence-corrected chi connectivity index (χ4v) is 2.88. The number of aromatic hydroxyl groups is 4. The maximum Gasteiger partial charge on any atom is 0.348 e. The second-order valence-electron chi connectivity index (χ2n) is 5.49. The van der Waals surface area contributed by atoms with Gasteiger partial charge in [-0.05, 0) is 12.1 Å². The molecule has 0 saturated carbocycles. The lowest BCUT2D eigenvalue weighted by molar-refractivity contribution is 0.346. The fourth-order valence-electron chi connectivity index (χ4n) is 2.88. The van der Waals surface area contributed by atoms with Crippen LogP contribution in [-0.4, -0.2) is 27.5 Å². The monoisotopic (exact) mass is 358 g/mol. The van der Waals surface area contributed by atoms with E-state index in [2.05, 4.69) is 0 Å². The summed E-state index contributed by atoms with van der Waals surface area (Å²) in [5.41, 5.74) is -2.83. The number of phenolic OH excluding ortho intramolecular Hbond substituents is 4. The van der Waals surface area contributed by atoms with Gasteiger partial charge in [0.25, 0.3) is 0 Å². The van der Waals surface area contributed by atoms with Crippen molar-refractivity contribution in [3.8, 4) is 28.7 Å². The number of fused-ring (bicyclic) bond motifs is 4. The molecule has 4 N–H and O–H groups in total. The van der Waals surface area contributed by atoms with Crippen LogP contribution in [0.1, 0.15) is 0 Å². The molecule has 0 saturated heterocycles. The van der Waals surface area contributed by atoms with Crippen LogP contribution >= 0.6 is 0 Å². The maximum absolute atomic E-state index is 12.7. The van der Waals surface area contributed by atoms with E-state index in [4.69, 9.17) is 13.6 Å². The number of phenols is 4. The second-order valence-corrected chi connectivity index (χ2v) is 5.49. The van der Waals surface area contributed by atoms with Crippen molar-refractivity contribution in [2.45, 2.75) is 0 Å².